The van der Waals surface area contributed by atoms with Crippen LogP contribution in [0.2, 0.25) is 0 Å². The van der Waals surface area contributed by atoms with Crippen LogP contribution in [0.25, 0.3) is 11.1 Å². The zero-order valence-electron chi connectivity index (χ0n) is 19.8. The van der Waals surface area contributed by atoms with E-state index in [1.165, 1.54) is 0 Å². The van der Waals surface area contributed by atoms with Crippen LogP contribution in [0.15, 0.2) is 48.5 Å². The van der Waals surface area contributed by atoms with E-state index in [0.717, 1.165) is 29.4 Å². The minimum Gasteiger partial charge on any atom is -0.480 e. The van der Waals surface area contributed by atoms with Crippen LogP contribution < -0.4 is 10.6 Å². The second-order valence-electron chi connectivity index (χ2n) is 8.46. The molecule has 1 unspecified atom stereocenters. The van der Waals surface area contributed by atoms with Crippen LogP contribution in [0.5, 0.6) is 0 Å². The van der Waals surface area contributed by atoms with Gasteiger partial charge in [0.2, 0.25) is 5.91 Å². The summed E-state index contributed by atoms with van der Waals surface area (Å²) in [5.74, 6) is -3.09. The van der Waals surface area contributed by atoms with Crippen LogP contribution in [-0.2, 0) is 23.9 Å². The fourth-order valence-electron chi connectivity index (χ4n) is 4.06. The van der Waals surface area contributed by atoms with Crippen LogP contribution in [0.4, 0.5) is 4.79 Å². The molecule has 2 atom stereocenters. The summed E-state index contributed by atoms with van der Waals surface area (Å²) in [6, 6.07) is 13.2. The Labute approximate surface area is 203 Å². The number of methoxy groups -OCH3 is 1. The molecule has 10 nitrogen and oxygen atoms in total. The van der Waals surface area contributed by atoms with Gasteiger partial charge in [-0.05, 0) is 36.3 Å². The number of fused-ring (bicyclic) bond motifs is 3. The summed E-state index contributed by atoms with van der Waals surface area (Å²) < 4.78 is 9.98. The molecule has 0 radical (unpaired) electrons. The van der Waals surface area contributed by atoms with Crippen molar-refractivity contribution in [3.05, 3.63) is 59.7 Å². The molecule has 3 rings (SSSR count). The van der Waals surface area contributed by atoms with Gasteiger partial charge in [-0.2, -0.15) is 0 Å². The standard InChI is InChI=1S/C25H29N3O7/c1-28(2)13-21(23(30)26-20(24(31)32)12-22(29)34-3)27-25(33)35-14-19-17-10-6-4-8-15(17)16-9-5-7-11-18(16)19/h4-11,19-21H,12-14H2,1-3H3,(H,26,30)(H,27,33)(H,31,32)/t20-,21?/m0/s1. The summed E-state index contributed by atoms with van der Waals surface area (Å²) in [7, 11) is 4.52. The van der Waals surface area contributed by atoms with E-state index < -0.39 is 42.4 Å². The fraction of sp³-hybridized carbons (Fsp3) is 0.360. The Kier molecular flexibility index (Phi) is 8.43. The number of carboxylic acid groups (broad SMARTS) is 1. The summed E-state index contributed by atoms with van der Waals surface area (Å²) in [4.78, 5) is 50.0. The smallest absolute Gasteiger partial charge is 0.407 e. The van der Waals surface area contributed by atoms with E-state index in [9.17, 15) is 24.3 Å². The Morgan fingerprint density at radius 2 is 1.51 bits per heavy atom. The van der Waals surface area contributed by atoms with Crippen molar-refractivity contribution in [1.82, 2.24) is 15.5 Å². The third-order valence-electron chi connectivity index (χ3n) is 5.71. The van der Waals surface area contributed by atoms with Gasteiger partial charge in [0.15, 0.2) is 0 Å². The lowest BCUT2D eigenvalue weighted by Crippen LogP contribution is -2.55. The molecule has 35 heavy (non-hydrogen) atoms. The molecular formula is C25H29N3O7. The lowest BCUT2D eigenvalue weighted by atomic mass is 9.98. The monoisotopic (exact) mass is 483 g/mol. The molecule has 2 aromatic carbocycles. The summed E-state index contributed by atoms with van der Waals surface area (Å²) in [6.45, 7) is 0.150. The number of carboxylic acids is 1. The zero-order valence-corrected chi connectivity index (χ0v) is 19.8. The largest absolute Gasteiger partial charge is 0.480 e. The van der Waals surface area contributed by atoms with Gasteiger partial charge in [-0.1, -0.05) is 48.5 Å². The molecule has 2 amide bonds. The topological polar surface area (TPSA) is 134 Å². The molecule has 10 heteroatoms. The second kappa shape index (κ2) is 11.5. The molecule has 0 aliphatic heterocycles. The van der Waals surface area contributed by atoms with E-state index in [4.69, 9.17) is 4.74 Å². The predicted octanol–water partition coefficient (Wildman–Crippen LogP) is 1.59. The normalized spacial score (nSPS) is 13.8. The van der Waals surface area contributed by atoms with Crippen molar-refractivity contribution in [3.63, 3.8) is 0 Å². The lowest BCUT2D eigenvalue weighted by Gasteiger charge is -2.24. The van der Waals surface area contributed by atoms with Gasteiger partial charge in [0, 0.05) is 12.5 Å². The molecule has 0 saturated heterocycles. The number of benzene rings is 2. The van der Waals surface area contributed by atoms with Crippen molar-refractivity contribution in [1.29, 1.82) is 0 Å². The highest BCUT2D eigenvalue weighted by molar-refractivity contribution is 5.91. The fourth-order valence-corrected chi connectivity index (χ4v) is 4.06. The summed E-state index contributed by atoms with van der Waals surface area (Å²) in [5, 5.41) is 14.1. The van der Waals surface area contributed by atoms with Crippen molar-refractivity contribution >= 4 is 23.9 Å². The van der Waals surface area contributed by atoms with Gasteiger partial charge in [-0.15, -0.1) is 0 Å². The molecule has 0 saturated carbocycles. The van der Waals surface area contributed by atoms with Crippen LogP contribution >= 0.6 is 0 Å². The lowest BCUT2D eigenvalue weighted by molar-refractivity contribution is -0.149. The number of carbonyl (C=O) groups excluding carboxylic acids is 3. The number of nitrogens with zero attached hydrogens (tertiary/aromatic N) is 1. The van der Waals surface area contributed by atoms with E-state index >= 15 is 0 Å². The van der Waals surface area contributed by atoms with Crippen LogP contribution in [0, 0.1) is 0 Å². The van der Waals surface area contributed by atoms with Gasteiger partial charge in [-0.25, -0.2) is 9.59 Å². The van der Waals surface area contributed by atoms with Crippen molar-refractivity contribution in [3.8, 4) is 11.1 Å². The minimum atomic E-state index is -1.50. The molecule has 3 N–H and O–H groups in total. The first-order chi connectivity index (χ1) is 16.7. The number of nitrogens with one attached hydrogen (secondary N) is 2. The van der Waals surface area contributed by atoms with E-state index in [2.05, 4.69) is 15.4 Å². The van der Waals surface area contributed by atoms with Crippen molar-refractivity contribution in [2.75, 3.05) is 34.4 Å². The Morgan fingerprint density at radius 1 is 0.943 bits per heavy atom. The number of esters is 1. The van der Waals surface area contributed by atoms with E-state index in [1.54, 1.807) is 19.0 Å². The van der Waals surface area contributed by atoms with Crippen molar-refractivity contribution in [2.45, 2.75) is 24.4 Å². The highest BCUT2D eigenvalue weighted by Crippen LogP contribution is 2.44. The average Bonchev–Trinajstić information content (AvgIpc) is 3.15. The number of aliphatic carboxylic acids is 1. The number of amides is 2. The van der Waals surface area contributed by atoms with Crippen LogP contribution in [0.1, 0.15) is 23.5 Å². The molecular weight excluding hydrogens is 454 g/mol. The third-order valence-corrected chi connectivity index (χ3v) is 5.71. The van der Waals surface area contributed by atoms with Crippen LogP contribution in [0.3, 0.4) is 0 Å². The summed E-state index contributed by atoms with van der Waals surface area (Å²) >= 11 is 0. The maximum atomic E-state index is 12.8. The Balaban J connectivity index is 1.66. The van der Waals surface area contributed by atoms with Gasteiger partial charge in [0.1, 0.15) is 18.7 Å². The summed E-state index contributed by atoms with van der Waals surface area (Å²) in [6.07, 6.45) is -1.36. The van der Waals surface area contributed by atoms with Gasteiger partial charge in [0.25, 0.3) is 0 Å². The third kappa shape index (κ3) is 6.36. The number of hydrogen-bond acceptors (Lipinski definition) is 7. The minimum absolute atomic E-state index is 0.0657. The predicted molar refractivity (Wildman–Crippen MR) is 127 cm³/mol. The Hall–Kier alpha value is -3.92. The first-order valence-electron chi connectivity index (χ1n) is 11.1. The number of alkyl carbamates (subject to hydrolysis) is 1. The molecule has 2 aromatic rings. The maximum absolute atomic E-state index is 12.8. The number of hydrogen-bond donors (Lipinski definition) is 3. The van der Waals surface area contributed by atoms with Gasteiger partial charge >= 0.3 is 18.0 Å². The Bertz CT molecular complexity index is 1060. The number of ether oxygens (including phenoxy) is 2. The first kappa shape index (κ1) is 25.7. The van der Waals surface area contributed by atoms with E-state index in [-0.39, 0.29) is 19.1 Å². The Morgan fingerprint density at radius 3 is 2.03 bits per heavy atom. The maximum Gasteiger partial charge on any atom is 0.407 e. The second-order valence-corrected chi connectivity index (χ2v) is 8.46. The SMILES string of the molecule is COC(=O)C[C@H](NC(=O)C(CN(C)C)NC(=O)OCC1c2ccccc2-c2ccccc21)C(=O)O. The number of rotatable bonds is 10. The van der Waals surface area contributed by atoms with Crippen molar-refractivity contribution < 1.29 is 33.8 Å². The average molecular weight is 484 g/mol. The van der Waals surface area contributed by atoms with Gasteiger partial charge < -0.3 is 30.1 Å². The van der Waals surface area contributed by atoms with Gasteiger partial charge in [0.05, 0.1) is 13.5 Å². The van der Waals surface area contributed by atoms with E-state index in [1.807, 2.05) is 48.5 Å². The first-order valence-corrected chi connectivity index (χ1v) is 11.1. The highest BCUT2D eigenvalue weighted by Gasteiger charge is 2.31. The van der Waals surface area contributed by atoms with Crippen molar-refractivity contribution in [2.24, 2.45) is 0 Å². The molecule has 1 aliphatic carbocycles. The molecule has 186 valence electrons. The number of likely N-dealkylation sites (N-methyl/N-ethyl adjacent to an activating group) is 1. The molecule has 0 heterocycles. The molecule has 0 aromatic heterocycles. The molecule has 1 aliphatic rings. The zero-order chi connectivity index (χ0) is 25.5. The highest BCUT2D eigenvalue weighted by atomic mass is 16.5. The molecule has 0 bridgehead atoms. The van der Waals surface area contributed by atoms with Gasteiger partial charge in [-0.3, -0.25) is 9.59 Å². The van der Waals surface area contributed by atoms with Crippen LogP contribution in [-0.4, -0.2) is 80.4 Å². The molecule has 0 spiro atoms. The van der Waals surface area contributed by atoms with E-state index in [0.29, 0.717) is 0 Å². The quantitative estimate of drug-likeness (QED) is 0.434. The number of carbonyl (C=O) groups is 4. The molecule has 0 fully saturated rings. The summed E-state index contributed by atoms with van der Waals surface area (Å²) in [5.41, 5.74) is 4.28.